The van der Waals surface area contributed by atoms with E-state index < -0.39 is 0 Å². The molecule has 5 heteroatoms. The Bertz CT molecular complexity index is 1620. The molecule has 4 aromatic rings. The first-order chi connectivity index (χ1) is 19.9. The largest absolute Gasteiger partial charge is 0.493 e. The van der Waals surface area contributed by atoms with E-state index in [0.29, 0.717) is 35.0 Å². The standard InChI is InChI=1S/C36H35ClN2O2/c1-22-8-13-33-31(17-22)29-6-5-7-30(29)35(39-33)27-9-11-28(12-10-27)38-20-25-18-32(37)36(34(19-25)40-4)41-21-26-15-23(2)14-24(3)16-26/h5-6,8-20,29-30,35,39H,7,21H2,1-4H3/t29-,30-,35+/m1/s1. The quantitative estimate of drug-likeness (QED) is 0.180. The van der Waals surface area contributed by atoms with Crippen LogP contribution in [0.5, 0.6) is 11.5 Å². The lowest BCUT2D eigenvalue weighted by atomic mass is 9.76. The van der Waals surface area contributed by atoms with E-state index in [-0.39, 0.29) is 6.04 Å². The minimum Gasteiger partial charge on any atom is -0.493 e. The second-order valence-electron chi connectivity index (χ2n) is 11.2. The summed E-state index contributed by atoms with van der Waals surface area (Å²) in [6, 6.07) is 25.7. The summed E-state index contributed by atoms with van der Waals surface area (Å²) in [5.74, 6) is 2.09. The van der Waals surface area contributed by atoms with Gasteiger partial charge in [-0.3, -0.25) is 4.99 Å². The predicted molar refractivity (Wildman–Crippen MR) is 169 cm³/mol. The minimum atomic E-state index is 0.266. The zero-order chi connectivity index (χ0) is 28.5. The fraction of sp³-hybridized carbons (Fsp3) is 0.250. The molecule has 0 saturated heterocycles. The summed E-state index contributed by atoms with van der Waals surface area (Å²) in [4.78, 5) is 4.72. The molecule has 0 aromatic heterocycles. The molecule has 1 N–H and O–H groups in total. The normalized spacial score (nSPS) is 19.1. The molecule has 0 amide bonds. The molecule has 4 nitrogen and oxygen atoms in total. The van der Waals surface area contributed by atoms with E-state index in [1.165, 1.54) is 33.5 Å². The molecular weight excluding hydrogens is 528 g/mol. The third-order valence-corrected chi connectivity index (χ3v) is 8.33. The SMILES string of the molecule is COc1cc(C=Nc2ccc([C@@H]3Nc4ccc(C)cc4[C@@H]4C=CC[C@H]43)cc2)cc(Cl)c1OCc1cc(C)cc(C)c1. The maximum atomic E-state index is 6.64. The van der Waals surface area contributed by atoms with Crippen molar-refractivity contribution >= 4 is 29.2 Å². The highest BCUT2D eigenvalue weighted by atomic mass is 35.5. The van der Waals surface area contributed by atoms with Gasteiger partial charge in [0, 0.05) is 17.8 Å². The number of methoxy groups -OCH3 is 1. The van der Waals surface area contributed by atoms with Gasteiger partial charge in [0.05, 0.1) is 23.9 Å². The molecule has 1 aliphatic carbocycles. The fourth-order valence-corrected chi connectivity index (χ4v) is 6.50. The molecule has 2 aliphatic rings. The topological polar surface area (TPSA) is 42.8 Å². The van der Waals surface area contributed by atoms with Gasteiger partial charge < -0.3 is 14.8 Å². The Balaban J connectivity index is 1.17. The molecular formula is C36H35ClN2O2. The number of hydrogen-bond acceptors (Lipinski definition) is 4. The molecule has 6 rings (SSSR count). The highest BCUT2D eigenvalue weighted by Crippen LogP contribution is 2.50. The summed E-state index contributed by atoms with van der Waals surface area (Å²) in [5, 5.41) is 4.31. The number of rotatable bonds is 7. The maximum Gasteiger partial charge on any atom is 0.180 e. The molecule has 0 spiro atoms. The van der Waals surface area contributed by atoms with Crippen molar-refractivity contribution < 1.29 is 9.47 Å². The first-order valence-electron chi connectivity index (χ1n) is 14.1. The average Bonchev–Trinajstić information content (AvgIpc) is 3.45. The highest BCUT2D eigenvalue weighted by molar-refractivity contribution is 6.32. The van der Waals surface area contributed by atoms with Gasteiger partial charge in [0.25, 0.3) is 0 Å². The third-order valence-electron chi connectivity index (χ3n) is 8.05. The molecule has 1 heterocycles. The van der Waals surface area contributed by atoms with Crippen LogP contribution in [0, 0.1) is 26.7 Å². The van der Waals surface area contributed by atoms with E-state index in [9.17, 15) is 0 Å². The van der Waals surface area contributed by atoms with Gasteiger partial charge >= 0.3 is 0 Å². The first-order valence-corrected chi connectivity index (χ1v) is 14.5. The number of allylic oxidation sites excluding steroid dienone is 2. The highest BCUT2D eigenvalue weighted by Gasteiger charge is 2.37. The number of anilines is 1. The minimum absolute atomic E-state index is 0.266. The number of halogens is 1. The number of nitrogens with zero attached hydrogens (tertiary/aromatic N) is 1. The van der Waals surface area contributed by atoms with Gasteiger partial charge in [0.2, 0.25) is 0 Å². The van der Waals surface area contributed by atoms with Gasteiger partial charge in [0.15, 0.2) is 11.5 Å². The van der Waals surface area contributed by atoms with Gasteiger partial charge in [-0.25, -0.2) is 0 Å². The number of benzene rings is 4. The molecule has 1 aliphatic heterocycles. The van der Waals surface area contributed by atoms with E-state index in [1.807, 2.05) is 18.3 Å². The molecule has 0 unspecified atom stereocenters. The van der Waals surface area contributed by atoms with Gasteiger partial charge in [-0.15, -0.1) is 0 Å². The number of nitrogens with one attached hydrogen (secondary N) is 1. The van der Waals surface area contributed by atoms with E-state index in [1.54, 1.807) is 7.11 Å². The Morgan fingerprint density at radius 3 is 2.46 bits per heavy atom. The summed E-state index contributed by atoms with van der Waals surface area (Å²) < 4.78 is 11.7. The van der Waals surface area contributed by atoms with Crippen LogP contribution >= 0.6 is 11.6 Å². The van der Waals surface area contributed by atoms with Crippen molar-refractivity contribution in [2.24, 2.45) is 10.9 Å². The lowest BCUT2D eigenvalue weighted by molar-refractivity contribution is 0.284. The Labute approximate surface area is 247 Å². The van der Waals surface area contributed by atoms with Crippen LogP contribution < -0.4 is 14.8 Å². The molecule has 0 fully saturated rings. The van der Waals surface area contributed by atoms with Crippen molar-refractivity contribution in [3.63, 3.8) is 0 Å². The van der Waals surface area contributed by atoms with Crippen molar-refractivity contribution in [2.45, 2.75) is 45.8 Å². The number of hydrogen-bond donors (Lipinski definition) is 1. The van der Waals surface area contributed by atoms with Crippen molar-refractivity contribution in [3.8, 4) is 11.5 Å². The summed E-state index contributed by atoms with van der Waals surface area (Å²) in [5.41, 5.74) is 10.5. The molecule has 3 atom stereocenters. The molecule has 0 radical (unpaired) electrons. The smallest absolute Gasteiger partial charge is 0.180 e. The van der Waals surface area contributed by atoms with E-state index in [4.69, 9.17) is 26.1 Å². The number of ether oxygens (including phenoxy) is 2. The van der Waals surface area contributed by atoms with Gasteiger partial charge in [0.1, 0.15) is 6.61 Å². The van der Waals surface area contributed by atoms with Crippen molar-refractivity contribution in [1.82, 2.24) is 0 Å². The van der Waals surface area contributed by atoms with Crippen LogP contribution in [0.25, 0.3) is 0 Å². The molecule has 0 bridgehead atoms. The Hall–Kier alpha value is -4.02. The predicted octanol–water partition coefficient (Wildman–Crippen LogP) is 9.43. The number of aliphatic imine (C=N–C) groups is 1. The fourth-order valence-electron chi connectivity index (χ4n) is 6.22. The van der Waals surface area contributed by atoms with Crippen LogP contribution in [0.4, 0.5) is 11.4 Å². The van der Waals surface area contributed by atoms with Crippen LogP contribution in [0.3, 0.4) is 0 Å². The zero-order valence-corrected chi connectivity index (χ0v) is 24.7. The van der Waals surface area contributed by atoms with Gasteiger partial charge in [-0.1, -0.05) is 82.9 Å². The van der Waals surface area contributed by atoms with E-state index >= 15 is 0 Å². The monoisotopic (exact) mass is 562 g/mol. The Morgan fingerprint density at radius 2 is 1.71 bits per heavy atom. The lowest BCUT2D eigenvalue weighted by Gasteiger charge is -2.37. The average molecular weight is 563 g/mol. The van der Waals surface area contributed by atoms with E-state index in [0.717, 1.165) is 23.2 Å². The van der Waals surface area contributed by atoms with Crippen molar-refractivity contribution in [1.29, 1.82) is 0 Å². The molecule has 41 heavy (non-hydrogen) atoms. The van der Waals surface area contributed by atoms with E-state index in [2.05, 4.69) is 98.9 Å². The lowest BCUT2D eigenvalue weighted by Crippen LogP contribution is -2.29. The van der Waals surface area contributed by atoms with Gasteiger partial charge in [-0.05, 0) is 85.7 Å². The maximum absolute atomic E-state index is 6.64. The second-order valence-corrected chi connectivity index (χ2v) is 11.6. The van der Waals surface area contributed by atoms with Crippen LogP contribution in [0.1, 0.15) is 57.3 Å². The van der Waals surface area contributed by atoms with Crippen molar-refractivity contribution in [2.75, 3.05) is 12.4 Å². The summed E-state index contributed by atoms with van der Waals surface area (Å²) in [6.07, 6.45) is 7.61. The number of aryl methyl sites for hydroxylation is 3. The molecule has 0 saturated carbocycles. The summed E-state index contributed by atoms with van der Waals surface area (Å²) in [7, 11) is 1.62. The second kappa shape index (κ2) is 11.5. The van der Waals surface area contributed by atoms with Crippen LogP contribution in [-0.2, 0) is 6.61 Å². The summed E-state index contributed by atoms with van der Waals surface area (Å²) >= 11 is 6.64. The third kappa shape index (κ3) is 5.75. The zero-order valence-electron chi connectivity index (χ0n) is 23.9. The van der Waals surface area contributed by atoms with Gasteiger partial charge in [-0.2, -0.15) is 0 Å². The molecule has 208 valence electrons. The van der Waals surface area contributed by atoms with Crippen LogP contribution in [0.2, 0.25) is 5.02 Å². The number of fused-ring (bicyclic) bond motifs is 3. The summed E-state index contributed by atoms with van der Waals surface area (Å²) in [6.45, 7) is 6.75. The Kier molecular flexibility index (Phi) is 7.59. The van der Waals surface area contributed by atoms with Crippen LogP contribution in [-0.4, -0.2) is 13.3 Å². The van der Waals surface area contributed by atoms with Crippen LogP contribution in [0.15, 0.2) is 89.9 Å². The Morgan fingerprint density at radius 1 is 0.927 bits per heavy atom. The van der Waals surface area contributed by atoms with Crippen molar-refractivity contribution in [3.05, 3.63) is 129 Å². The first kappa shape index (κ1) is 27.2. The molecule has 4 aromatic carbocycles.